The Bertz CT molecular complexity index is 661. The van der Waals surface area contributed by atoms with E-state index >= 15 is 0 Å². The topological polar surface area (TPSA) is 12.0 Å². The van der Waals surface area contributed by atoms with E-state index in [1.807, 2.05) is 0 Å². The number of hydrogen-bond acceptors (Lipinski definition) is 1. The molecule has 2 rings (SSSR count). The third-order valence-electron chi connectivity index (χ3n) is 5.20. The first-order valence-corrected chi connectivity index (χ1v) is 13.2. The van der Waals surface area contributed by atoms with E-state index in [2.05, 4.69) is 75.7 Å². The van der Waals surface area contributed by atoms with Crippen LogP contribution in [0.3, 0.4) is 0 Å². The molecule has 1 aliphatic carbocycles. The molecule has 1 atom stereocenters. The molecular weight excluding hydrogens is 401 g/mol. The van der Waals surface area contributed by atoms with Gasteiger partial charge < -0.3 is 24.8 Å². The minimum Gasteiger partial charge on any atom is -1.00 e. The molecule has 144 valence electrons. The standard InChI is InChI=1S/C14H17.C4H10N.2CH3.2ClH.H4Si.Ti/c1-8-6-10(3)14-12(5)9(2)7-13(14)11(8)4;1-4(2,3)5;;;;;;/h6-7H,1-5H3;5H,1-3H3;2*1H3;2*1H;1H4;/q;-1;;;;;;+3/p-2. The van der Waals surface area contributed by atoms with Crippen LogP contribution in [0.15, 0.2) is 11.6 Å². The van der Waals surface area contributed by atoms with Gasteiger partial charge in [-0.1, -0.05) is 0 Å². The van der Waals surface area contributed by atoms with Crippen LogP contribution >= 0.6 is 0 Å². The number of benzene rings is 1. The molecule has 0 spiro atoms. The Kier molecular flexibility index (Phi) is 10.0. The predicted octanol–water partition coefficient (Wildman–Crippen LogP) is -1.43. The van der Waals surface area contributed by atoms with Gasteiger partial charge in [-0.3, -0.25) is 0 Å². The van der Waals surface area contributed by atoms with Crippen molar-refractivity contribution in [3.05, 3.63) is 39.5 Å². The summed E-state index contributed by atoms with van der Waals surface area (Å²) in [6.45, 7) is 18.5. The van der Waals surface area contributed by atoms with Gasteiger partial charge in [-0.2, -0.15) is 0 Å². The number of aryl methyl sites for hydroxylation is 2. The SMILES string of the molecule is CC1=C(C)[CH]([Ti+2]([CH3])([CH3])[NH]C(C)(C)C)c2c(C)c(C)cc(C)c21.[Cl-].[Cl-].[SiH4]. The Balaban J connectivity index is 0. The minimum atomic E-state index is -2.23. The van der Waals surface area contributed by atoms with Crippen LogP contribution in [-0.2, 0) is 16.8 Å². The zero-order valence-electron chi connectivity index (χ0n) is 16.9. The Morgan fingerprint density at radius 3 is 1.84 bits per heavy atom. The molecular formula is C20H37Cl2NSiTi. The van der Waals surface area contributed by atoms with Crippen molar-refractivity contribution in [1.82, 2.24) is 3.80 Å². The summed E-state index contributed by atoms with van der Waals surface area (Å²) in [5, 5.41) is 5.08. The fraction of sp³-hybridized carbons (Fsp3) is 0.600. The molecule has 1 aliphatic rings. The maximum atomic E-state index is 4.05. The average molecular weight is 438 g/mol. The average Bonchev–Trinajstić information content (AvgIpc) is 2.57. The molecule has 0 aliphatic heterocycles. The Morgan fingerprint density at radius 1 is 0.920 bits per heavy atom. The van der Waals surface area contributed by atoms with Gasteiger partial charge in [0.2, 0.25) is 0 Å². The molecule has 5 heteroatoms. The zero-order valence-corrected chi connectivity index (χ0v) is 20.0. The number of fused-ring (bicyclic) bond motifs is 1. The molecule has 0 heterocycles. The second-order valence-electron chi connectivity index (χ2n) is 8.76. The Morgan fingerprint density at radius 2 is 1.40 bits per heavy atom. The second kappa shape index (κ2) is 9.08. The van der Waals surface area contributed by atoms with Gasteiger partial charge in [-0.15, -0.1) is 0 Å². The molecule has 0 bridgehead atoms. The van der Waals surface area contributed by atoms with E-state index in [1.54, 1.807) is 16.7 Å². The number of hydrogen-bond donors (Lipinski definition) is 1. The van der Waals surface area contributed by atoms with E-state index in [-0.39, 0.29) is 41.3 Å². The maximum absolute atomic E-state index is 4.05. The summed E-state index contributed by atoms with van der Waals surface area (Å²) in [5.74, 6) is 0. The van der Waals surface area contributed by atoms with Gasteiger partial charge in [-0.25, -0.2) is 0 Å². The molecule has 1 nitrogen and oxygen atoms in total. The summed E-state index contributed by atoms with van der Waals surface area (Å²) in [6, 6.07) is 2.37. The maximum Gasteiger partial charge on any atom is -0.0149 e. The van der Waals surface area contributed by atoms with E-state index in [9.17, 15) is 0 Å². The van der Waals surface area contributed by atoms with Crippen molar-refractivity contribution >= 4 is 16.5 Å². The smallest absolute Gasteiger partial charge is 0.0149 e. The van der Waals surface area contributed by atoms with Crippen molar-refractivity contribution < 1.29 is 41.7 Å². The van der Waals surface area contributed by atoms with Gasteiger partial charge in [0.1, 0.15) is 0 Å². The molecule has 0 amide bonds. The molecule has 0 saturated heterocycles. The van der Waals surface area contributed by atoms with Crippen LogP contribution in [0.2, 0.25) is 10.5 Å². The first-order valence-electron chi connectivity index (χ1n) is 8.44. The van der Waals surface area contributed by atoms with Crippen LogP contribution in [0.4, 0.5) is 0 Å². The zero-order chi connectivity index (χ0) is 17.0. The van der Waals surface area contributed by atoms with Crippen LogP contribution in [0.25, 0.3) is 5.57 Å². The van der Waals surface area contributed by atoms with Gasteiger partial charge in [-0.05, 0) is 11.0 Å². The van der Waals surface area contributed by atoms with Crippen molar-refractivity contribution in [2.24, 2.45) is 0 Å². The van der Waals surface area contributed by atoms with Gasteiger partial charge in [0.05, 0.1) is 0 Å². The van der Waals surface area contributed by atoms with E-state index in [1.165, 1.54) is 22.3 Å². The molecule has 1 aromatic rings. The number of rotatable bonds is 2. The van der Waals surface area contributed by atoms with E-state index in [4.69, 9.17) is 0 Å². The Labute approximate surface area is 176 Å². The molecule has 0 fully saturated rings. The first kappa shape index (κ1) is 27.6. The summed E-state index contributed by atoms with van der Waals surface area (Å²) in [5.41, 5.74) is 10.9. The summed E-state index contributed by atoms with van der Waals surface area (Å²) in [4.78, 5) is 0. The van der Waals surface area contributed by atoms with Crippen LogP contribution in [-0.4, -0.2) is 16.5 Å². The molecule has 1 N–H and O–H groups in total. The fourth-order valence-corrected chi connectivity index (χ4v) is 11.5. The van der Waals surface area contributed by atoms with Crippen molar-refractivity contribution in [2.75, 3.05) is 0 Å². The second-order valence-corrected chi connectivity index (χ2v) is 15.4. The third-order valence-corrected chi connectivity index (χ3v) is 10.8. The molecule has 0 radical (unpaired) electrons. The molecule has 0 saturated carbocycles. The third kappa shape index (κ3) is 5.24. The van der Waals surface area contributed by atoms with E-state index < -0.39 is 16.8 Å². The van der Waals surface area contributed by atoms with Crippen molar-refractivity contribution in [1.29, 1.82) is 0 Å². The van der Waals surface area contributed by atoms with Crippen LogP contribution < -0.4 is 28.6 Å². The normalized spacial score (nSPS) is 16.0. The van der Waals surface area contributed by atoms with E-state index in [0.717, 1.165) is 0 Å². The molecule has 1 unspecified atom stereocenters. The van der Waals surface area contributed by atoms with Gasteiger partial charge in [0, 0.05) is 0 Å². The monoisotopic (exact) mass is 437 g/mol. The largest absolute Gasteiger partial charge is 1.00 e. The van der Waals surface area contributed by atoms with Gasteiger partial charge in [0.25, 0.3) is 0 Å². The summed E-state index contributed by atoms with van der Waals surface area (Å²) in [6.07, 6.45) is 0. The molecule has 25 heavy (non-hydrogen) atoms. The number of nitrogens with one attached hydrogen (secondary N) is 1. The van der Waals surface area contributed by atoms with Gasteiger partial charge in [0.15, 0.2) is 0 Å². The van der Waals surface area contributed by atoms with Crippen LogP contribution in [0, 0.1) is 20.8 Å². The number of allylic oxidation sites excluding steroid dienone is 2. The minimum absolute atomic E-state index is 0. The molecule has 0 aromatic heterocycles. The summed E-state index contributed by atoms with van der Waals surface area (Å²) >= 11 is -2.23. The van der Waals surface area contributed by atoms with Gasteiger partial charge >= 0.3 is 141 Å². The predicted molar refractivity (Wildman–Crippen MR) is 108 cm³/mol. The quantitative estimate of drug-likeness (QED) is 0.559. The van der Waals surface area contributed by atoms with Crippen molar-refractivity contribution in [3.8, 4) is 0 Å². The number of halogens is 2. The Hall–Kier alpha value is 0.431. The first-order chi connectivity index (χ1) is 9.87. The van der Waals surface area contributed by atoms with E-state index in [0.29, 0.717) is 4.22 Å². The summed E-state index contributed by atoms with van der Waals surface area (Å²) in [7, 11) is 0. The summed E-state index contributed by atoms with van der Waals surface area (Å²) < 4.78 is 4.68. The fourth-order valence-electron chi connectivity index (χ4n) is 4.55. The van der Waals surface area contributed by atoms with Crippen LogP contribution in [0.5, 0.6) is 0 Å². The van der Waals surface area contributed by atoms with Crippen molar-refractivity contribution in [3.63, 3.8) is 0 Å². The van der Waals surface area contributed by atoms with Crippen molar-refractivity contribution in [2.45, 2.75) is 75.6 Å². The molecule has 1 aromatic carbocycles. The van der Waals surface area contributed by atoms with Crippen LogP contribution in [0.1, 0.15) is 66.7 Å².